The van der Waals surface area contributed by atoms with E-state index in [0.717, 1.165) is 12.1 Å². The summed E-state index contributed by atoms with van der Waals surface area (Å²) in [7, 11) is 0. The molecule has 0 aliphatic heterocycles. The minimum Gasteiger partial charge on any atom is -0.481 e. The highest BCUT2D eigenvalue weighted by atomic mass is 19.4. The van der Waals surface area contributed by atoms with E-state index in [0.29, 0.717) is 5.75 Å². The zero-order valence-corrected chi connectivity index (χ0v) is 12.9. The van der Waals surface area contributed by atoms with Crippen LogP contribution in [-0.2, 0) is 6.18 Å². The lowest BCUT2D eigenvalue weighted by atomic mass is 10.1. The Hall–Kier alpha value is -2.90. The number of nitrogens with zero attached hydrogens (tertiary/aromatic N) is 2. The Labute approximate surface area is 140 Å². The van der Waals surface area contributed by atoms with Crippen LogP contribution in [0.2, 0.25) is 0 Å². The smallest absolute Gasteiger partial charge is 0.416 e. The number of hydrogen-bond acceptors (Lipinski definition) is 4. The largest absolute Gasteiger partial charge is 0.481 e. The Morgan fingerprint density at radius 3 is 2.48 bits per heavy atom. The summed E-state index contributed by atoms with van der Waals surface area (Å²) in [6.07, 6.45) is -5.11. The molecule has 1 heterocycles. The van der Waals surface area contributed by atoms with E-state index in [9.17, 15) is 17.6 Å². The number of benzene rings is 2. The van der Waals surface area contributed by atoms with Crippen LogP contribution in [0.3, 0.4) is 0 Å². The van der Waals surface area contributed by atoms with Crippen LogP contribution in [-0.4, -0.2) is 10.1 Å². The van der Waals surface area contributed by atoms with Gasteiger partial charge in [0.1, 0.15) is 11.6 Å². The van der Waals surface area contributed by atoms with Gasteiger partial charge in [0.15, 0.2) is 6.10 Å². The number of alkyl halides is 3. The molecule has 0 amide bonds. The molecule has 2 aromatic carbocycles. The van der Waals surface area contributed by atoms with Gasteiger partial charge >= 0.3 is 6.18 Å². The maximum Gasteiger partial charge on any atom is 0.416 e. The second-order valence-electron chi connectivity index (χ2n) is 5.25. The molecule has 0 saturated heterocycles. The molecule has 0 aliphatic rings. The Kier molecular flexibility index (Phi) is 4.43. The van der Waals surface area contributed by atoms with E-state index in [4.69, 9.17) is 9.26 Å². The van der Waals surface area contributed by atoms with Crippen LogP contribution in [0.5, 0.6) is 5.75 Å². The molecule has 0 saturated carbocycles. The van der Waals surface area contributed by atoms with Gasteiger partial charge in [0.05, 0.1) is 5.56 Å². The standard InChI is InChI=1S/C17H12F4N2O2/c1-10(24-14-7-5-13(18)6-8-14)16-22-15(23-25-16)11-3-2-4-12(9-11)17(19,20)21/h2-10H,1H3/t10-/m1/s1. The van der Waals surface area contributed by atoms with Gasteiger partial charge in [-0.2, -0.15) is 18.2 Å². The molecule has 0 radical (unpaired) electrons. The average molecular weight is 352 g/mol. The van der Waals surface area contributed by atoms with Crippen molar-refractivity contribution in [3.05, 3.63) is 65.8 Å². The first-order valence-corrected chi connectivity index (χ1v) is 7.26. The van der Waals surface area contributed by atoms with Crippen molar-refractivity contribution in [3.63, 3.8) is 0 Å². The number of rotatable bonds is 4. The van der Waals surface area contributed by atoms with E-state index in [-0.39, 0.29) is 17.3 Å². The fraction of sp³-hybridized carbons (Fsp3) is 0.176. The second-order valence-corrected chi connectivity index (χ2v) is 5.25. The first kappa shape index (κ1) is 16.9. The molecule has 0 bridgehead atoms. The molecule has 130 valence electrons. The summed E-state index contributed by atoms with van der Waals surface area (Å²) in [5.74, 6) is 0.115. The summed E-state index contributed by atoms with van der Waals surface area (Å²) in [6.45, 7) is 1.63. The van der Waals surface area contributed by atoms with E-state index < -0.39 is 23.7 Å². The summed E-state index contributed by atoms with van der Waals surface area (Å²) in [4.78, 5) is 4.07. The van der Waals surface area contributed by atoms with E-state index in [1.807, 2.05) is 0 Å². The van der Waals surface area contributed by atoms with E-state index in [1.165, 1.54) is 36.4 Å². The van der Waals surface area contributed by atoms with Gasteiger partial charge in [0.25, 0.3) is 5.89 Å². The lowest BCUT2D eigenvalue weighted by molar-refractivity contribution is -0.137. The maximum absolute atomic E-state index is 12.9. The lowest BCUT2D eigenvalue weighted by Gasteiger charge is -2.10. The van der Waals surface area contributed by atoms with Crippen molar-refractivity contribution in [1.29, 1.82) is 0 Å². The molecule has 0 N–H and O–H groups in total. The van der Waals surface area contributed by atoms with Crippen molar-refractivity contribution in [1.82, 2.24) is 10.1 Å². The van der Waals surface area contributed by atoms with Crippen LogP contribution in [0.25, 0.3) is 11.4 Å². The van der Waals surface area contributed by atoms with Gasteiger partial charge < -0.3 is 9.26 Å². The Morgan fingerprint density at radius 2 is 1.80 bits per heavy atom. The Morgan fingerprint density at radius 1 is 1.08 bits per heavy atom. The molecule has 4 nitrogen and oxygen atoms in total. The fourth-order valence-corrected chi connectivity index (χ4v) is 2.12. The van der Waals surface area contributed by atoms with Gasteiger partial charge in [-0.3, -0.25) is 0 Å². The third-order valence-electron chi connectivity index (χ3n) is 3.36. The Bertz CT molecular complexity index is 860. The molecule has 3 aromatic rings. The highest BCUT2D eigenvalue weighted by molar-refractivity contribution is 5.55. The first-order valence-electron chi connectivity index (χ1n) is 7.26. The number of ether oxygens (including phenoxy) is 1. The van der Waals surface area contributed by atoms with E-state index >= 15 is 0 Å². The average Bonchev–Trinajstić information content (AvgIpc) is 3.06. The topological polar surface area (TPSA) is 48.2 Å². The van der Waals surface area contributed by atoms with Gasteiger partial charge in [0, 0.05) is 5.56 Å². The van der Waals surface area contributed by atoms with Crippen molar-refractivity contribution >= 4 is 0 Å². The van der Waals surface area contributed by atoms with Gasteiger partial charge in [0.2, 0.25) is 5.82 Å². The molecule has 1 aromatic heterocycles. The molecule has 8 heteroatoms. The third-order valence-corrected chi connectivity index (χ3v) is 3.36. The summed E-state index contributed by atoms with van der Waals surface area (Å²) in [5, 5.41) is 3.69. The minimum atomic E-state index is -4.46. The highest BCUT2D eigenvalue weighted by Gasteiger charge is 2.31. The van der Waals surface area contributed by atoms with Crippen molar-refractivity contribution in [3.8, 4) is 17.1 Å². The summed E-state index contributed by atoms with van der Waals surface area (Å²) >= 11 is 0. The zero-order chi connectivity index (χ0) is 18.0. The summed E-state index contributed by atoms with van der Waals surface area (Å²) in [5.41, 5.74) is -0.620. The van der Waals surface area contributed by atoms with Crippen LogP contribution in [0, 0.1) is 5.82 Å². The van der Waals surface area contributed by atoms with Crippen LogP contribution >= 0.6 is 0 Å². The van der Waals surface area contributed by atoms with Crippen molar-refractivity contribution in [2.24, 2.45) is 0 Å². The number of halogens is 4. The molecule has 0 fully saturated rings. The van der Waals surface area contributed by atoms with Crippen LogP contribution in [0.1, 0.15) is 24.5 Å². The highest BCUT2D eigenvalue weighted by Crippen LogP contribution is 2.32. The van der Waals surface area contributed by atoms with E-state index in [1.54, 1.807) is 6.92 Å². The SMILES string of the molecule is C[C@@H](Oc1ccc(F)cc1)c1nc(-c2cccc(C(F)(F)F)c2)no1. The molecule has 1 atom stereocenters. The van der Waals surface area contributed by atoms with Crippen LogP contribution in [0.4, 0.5) is 17.6 Å². The predicted molar refractivity (Wildman–Crippen MR) is 80.2 cm³/mol. The molecule has 25 heavy (non-hydrogen) atoms. The summed E-state index contributed by atoms with van der Waals surface area (Å²) < 4.78 is 61.8. The quantitative estimate of drug-likeness (QED) is 0.618. The first-order chi connectivity index (χ1) is 11.8. The van der Waals surface area contributed by atoms with Crippen LogP contribution < -0.4 is 4.74 Å². The van der Waals surface area contributed by atoms with Gasteiger partial charge in [-0.05, 0) is 43.3 Å². The number of hydrogen-bond donors (Lipinski definition) is 0. The van der Waals surface area contributed by atoms with Gasteiger partial charge in [-0.15, -0.1) is 0 Å². The van der Waals surface area contributed by atoms with Crippen molar-refractivity contribution in [2.45, 2.75) is 19.2 Å². The minimum absolute atomic E-state index is 0.0238. The normalized spacial score (nSPS) is 12.8. The van der Waals surface area contributed by atoms with E-state index in [2.05, 4.69) is 10.1 Å². The molecular weight excluding hydrogens is 340 g/mol. The maximum atomic E-state index is 12.9. The fourth-order valence-electron chi connectivity index (χ4n) is 2.12. The zero-order valence-electron chi connectivity index (χ0n) is 12.9. The van der Waals surface area contributed by atoms with Gasteiger partial charge in [-0.25, -0.2) is 4.39 Å². The monoisotopic (exact) mass is 352 g/mol. The molecule has 0 spiro atoms. The van der Waals surface area contributed by atoms with Gasteiger partial charge in [-0.1, -0.05) is 17.3 Å². The van der Waals surface area contributed by atoms with Crippen molar-refractivity contribution < 1.29 is 26.8 Å². The second kappa shape index (κ2) is 6.54. The Balaban J connectivity index is 1.79. The predicted octanol–water partition coefficient (Wildman–Crippen LogP) is 5.03. The molecular formula is C17H12F4N2O2. The number of aromatic nitrogens is 2. The van der Waals surface area contributed by atoms with Crippen molar-refractivity contribution in [2.75, 3.05) is 0 Å². The van der Waals surface area contributed by atoms with Crippen LogP contribution in [0.15, 0.2) is 53.1 Å². The molecule has 0 unspecified atom stereocenters. The molecule has 3 rings (SSSR count). The third kappa shape index (κ3) is 3.96. The molecule has 0 aliphatic carbocycles. The lowest BCUT2D eigenvalue weighted by Crippen LogP contribution is -2.05. The summed E-state index contributed by atoms with van der Waals surface area (Å²) in [6, 6.07) is 9.99.